The van der Waals surface area contributed by atoms with Crippen LogP contribution in [0.4, 0.5) is 0 Å². The fourth-order valence-corrected chi connectivity index (χ4v) is 3.56. The van der Waals surface area contributed by atoms with E-state index in [1.807, 2.05) is 66.7 Å². The van der Waals surface area contributed by atoms with Gasteiger partial charge in [-0.05, 0) is 77.1 Å². The third-order valence-corrected chi connectivity index (χ3v) is 5.17. The average Bonchev–Trinajstić information content (AvgIpc) is 2.74. The van der Waals surface area contributed by atoms with Crippen LogP contribution in [0.1, 0.15) is 17.1 Å². The molecule has 0 bridgehead atoms. The van der Waals surface area contributed by atoms with Gasteiger partial charge in [-0.15, -0.1) is 0 Å². The third-order valence-electron chi connectivity index (χ3n) is 4.50. The van der Waals surface area contributed by atoms with Crippen LogP contribution in [0.25, 0.3) is 23.1 Å². The Morgan fingerprint density at radius 1 is 0.964 bits per heavy atom. The van der Waals surface area contributed by atoms with Crippen molar-refractivity contribution in [3.05, 3.63) is 104 Å². The van der Waals surface area contributed by atoms with E-state index >= 15 is 0 Å². The Kier molecular flexibility index (Phi) is 5.62. The van der Waals surface area contributed by atoms with Crippen molar-refractivity contribution in [1.29, 1.82) is 0 Å². The molecular weight excluding hydrogens is 461 g/mol. The second kappa shape index (κ2) is 8.48. The lowest BCUT2D eigenvalue weighted by Crippen LogP contribution is -2.25. The van der Waals surface area contributed by atoms with Gasteiger partial charge in [0.1, 0.15) is 5.82 Å². The standard InChI is InChI=1S/C23H18IN3O/c24-18-9-11-21-20(16-18)23(28)27(15-13-17-6-2-1-3-7-17)22(26-21)12-10-19-8-4-5-14-25-19/h1-12,14,16H,13,15H2/b12-10+. The van der Waals surface area contributed by atoms with E-state index in [2.05, 4.69) is 39.7 Å². The lowest BCUT2D eigenvalue weighted by molar-refractivity contribution is 0.655. The van der Waals surface area contributed by atoms with Crippen molar-refractivity contribution < 1.29 is 0 Å². The Bertz CT molecular complexity index is 1190. The highest BCUT2D eigenvalue weighted by Crippen LogP contribution is 2.15. The topological polar surface area (TPSA) is 47.8 Å². The van der Waals surface area contributed by atoms with Gasteiger partial charge < -0.3 is 0 Å². The third kappa shape index (κ3) is 4.20. The van der Waals surface area contributed by atoms with Crippen LogP contribution in [0.3, 0.4) is 0 Å². The number of benzene rings is 2. The molecule has 0 aliphatic heterocycles. The molecule has 0 fully saturated rings. The van der Waals surface area contributed by atoms with E-state index < -0.39 is 0 Å². The molecule has 0 aliphatic carbocycles. The zero-order valence-corrected chi connectivity index (χ0v) is 17.3. The van der Waals surface area contributed by atoms with Crippen LogP contribution >= 0.6 is 22.6 Å². The van der Waals surface area contributed by atoms with Gasteiger partial charge in [-0.1, -0.05) is 36.4 Å². The molecule has 0 atom stereocenters. The summed E-state index contributed by atoms with van der Waals surface area (Å²) in [5.74, 6) is 0.639. The summed E-state index contributed by atoms with van der Waals surface area (Å²) in [6.07, 6.45) is 6.27. The van der Waals surface area contributed by atoms with Crippen molar-refractivity contribution in [2.45, 2.75) is 13.0 Å². The van der Waals surface area contributed by atoms with E-state index in [9.17, 15) is 4.79 Å². The maximum atomic E-state index is 13.2. The number of hydrogen-bond acceptors (Lipinski definition) is 3. The summed E-state index contributed by atoms with van der Waals surface area (Å²) in [7, 11) is 0. The number of aryl methyl sites for hydroxylation is 1. The molecule has 4 aromatic rings. The van der Waals surface area contributed by atoms with Crippen LogP contribution in [0.5, 0.6) is 0 Å². The van der Waals surface area contributed by atoms with Gasteiger partial charge in [0, 0.05) is 16.3 Å². The van der Waals surface area contributed by atoms with Crippen molar-refractivity contribution in [3.63, 3.8) is 0 Å². The quantitative estimate of drug-likeness (QED) is 0.386. The summed E-state index contributed by atoms with van der Waals surface area (Å²) >= 11 is 2.22. The second-order valence-corrected chi connectivity index (χ2v) is 7.66. The molecule has 0 unspecified atom stereocenters. The van der Waals surface area contributed by atoms with Crippen molar-refractivity contribution in [1.82, 2.24) is 14.5 Å². The normalized spacial score (nSPS) is 11.3. The van der Waals surface area contributed by atoms with E-state index in [0.717, 1.165) is 15.7 Å². The van der Waals surface area contributed by atoms with Crippen LogP contribution < -0.4 is 5.56 Å². The summed E-state index contributed by atoms with van der Waals surface area (Å²) in [5.41, 5.74) is 2.72. The highest BCUT2D eigenvalue weighted by Gasteiger charge is 2.10. The molecule has 0 saturated heterocycles. The molecule has 0 spiro atoms. The summed E-state index contributed by atoms with van der Waals surface area (Å²) < 4.78 is 2.78. The first-order valence-corrected chi connectivity index (χ1v) is 10.1. The molecule has 5 heteroatoms. The number of aromatic nitrogens is 3. The summed E-state index contributed by atoms with van der Waals surface area (Å²) in [5, 5.41) is 0.648. The number of hydrogen-bond donors (Lipinski definition) is 0. The van der Waals surface area contributed by atoms with E-state index in [-0.39, 0.29) is 5.56 Å². The Labute approximate surface area is 176 Å². The maximum absolute atomic E-state index is 13.2. The molecule has 0 amide bonds. The minimum Gasteiger partial charge on any atom is -0.292 e. The van der Waals surface area contributed by atoms with E-state index in [1.165, 1.54) is 5.56 Å². The zero-order valence-electron chi connectivity index (χ0n) is 15.1. The maximum Gasteiger partial charge on any atom is 0.261 e. The minimum atomic E-state index is -0.0138. The highest BCUT2D eigenvalue weighted by atomic mass is 127. The molecule has 0 aliphatic rings. The number of pyridine rings is 1. The fourth-order valence-electron chi connectivity index (χ4n) is 3.07. The van der Waals surface area contributed by atoms with Gasteiger partial charge in [0.2, 0.25) is 0 Å². The zero-order chi connectivity index (χ0) is 19.3. The monoisotopic (exact) mass is 479 g/mol. The SMILES string of the molecule is O=c1c2cc(I)ccc2nc(/C=C/c2ccccn2)n1CCc1ccccc1. The molecule has 28 heavy (non-hydrogen) atoms. The summed E-state index contributed by atoms with van der Waals surface area (Å²) in [4.78, 5) is 22.3. The number of rotatable bonds is 5. The van der Waals surface area contributed by atoms with Gasteiger partial charge in [0.15, 0.2) is 0 Å². The second-order valence-electron chi connectivity index (χ2n) is 6.41. The predicted molar refractivity (Wildman–Crippen MR) is 122 cm³/mol. The van der Waals surface area contributed by atoms with Crippen LogP contribution in [-0.4, -0.2) is 14.5 Å². The smallest absolute Gasteiger partial charge is 0.261 e. The lowest BCUT2D eigenvalue weighted by Gasteiger charge is -2.12. The minimum absolute atomic E-state index is 0.0138. The Hall–Kier alpha value is -2.80. The van der Waals surface area contributed by atoms with Crippen molar-refractivity contribution >= 4 is 45.6 Å². The number of halogens is 1. The molecule has 2 aromatic heterocycles. The van der Waals surface area contributed by atoms with Gasteiger partial charge in [0.05, 0.1) is 16.6 Å². The first-order chi connectivity index (χ1) is 13.7. The molecule has 4 nitrogen and oxygen atoms in total. The predicted octanol–water partition coefficient (Wildman–Crippen LogP) is 4.81. The largest absolute Gasteiger partial charge is 0.292 e. The Balaban J connectivity index is 1.78. The van der Waals surface area contributed by atoms with Gasteiger partial charge in [-0.25, -0.2) is 4.98 Å². The van der Waals surface area contributed by atoms with Crippen molar-refractivity contribution in [2.24, 2.45) is 0 Å². The molecule has 4 rings (SSSR count). The van der Waals surface area contributed by atoms with Crippen molar-refractivity contribution in [2.75, 3.05) is 0 Å². The van der Waals surface area contributed by atoms with Crippen LogP contribution in [0.2, 0.25) is 0 Å². The van der Waals surface area contributed by atoms with Gasteiger partial charge in [0.25, 0.3) is 5.56 Å². The van der Waals surface area contributed by atoms with Crippen LogP contribution in [-0.2, 0) is 13.0 Å². The van der Waals surface area contributed by atoms with E-state index in [4.69, 9.17) is 4.98 Å². The Morgan fingerprint density at radius 2 is 1.79 bits per heavy atom. The molecule has 138 valence electrons. The van der Waals surface area contributed by atoms with Gasteiger partial charge in [-0.2, -0.15) is 0 Å². The van der Waals surface area contributed by atoms with Crippen LogP contribution in [0, 0.1) is 3.57 Å². The molecule has 0 N–H and O–H groups in total. The first kappa shape index (κ1) is 18.6. The molecule has 0 radical (unpaired) electrons. The highest BCUT2D eigenvalue weighted by molar-refractivity contribution is 14.1. The fraction of sp³-hybridized carbons (Fsp3) is 0.0870. The number of nitrogens with zero attached hydrogens (tertiary/aromatic N) is 3. The Morgan fingerprint density at radius 3 is 2.57 bits per heavy atom. The van der Waals surface area contributed by atoms with Crippen molar-refractivity contribution in [3.8, 4) is 0 Å². The molecule has 2 heterocycles. The molecule has 2 aromatic carbocycles. The van der Waals surface area contributed by atoms with Gasteiger partial charge in [-0.3, -0.25) is 14.3 Å². The summed E-state index contributed by atoms with van der Waals surface area (Å²) in [6.45, 7) is 0.569. The number of fused-ring (bicyclic) bond motifs is 1. The molecule has 0 saturated carbocycles. The lowest BCUT2D eigenvalue weighted by atomic mass is 10.1. The van der Waals surface area contributed by atoms with E-state index in [0.29, 0.717) is 23.3 Å². The summed E-state index contributed by atoms with van der Waals surface area (Å²) in [6, 6.07) is 21.7. The van der Waals surface area contributed by atoms with E-state index in [1.54, 1.807) is 10.8 Å². The van der Waals surface area contributed by atoms with Gasteiger partial charge >= 0.3 is 0 Å². The molecular formula is C23H18IN3O. The first-order valence-electron chi connectivity index (χ1n) is 9.04. The van der Waals surface area contributed by atoms with Crippen LogP contribution in [0.15, 0.2) is 77.7 Å². The average molecular weight is 479 g/mol.